The maximum absolute atomic E-state index is 13.1. The van der Waals surface area contributed by atoms with Crippen LogP contribution in [0, 0.1) is 41.5 Å². The third kappa shape index (κ3) is 4.57. The molecule has 37 heavy (non-hydrogen) atoms. The van der Waals surface area contributed by atoms with Crippen molar-refractivity contribution < 1.29 is 4.79 Å². The summed E-state index contributed by atoms with van der Waals surface area (Å²) in [6, 6.07) is 10.4. The van der Waals surface area contributed by atoms with Crippen LogP contribution >= 0.6 is 15.9 Å². The van der Waals surface area contributed by atoms with E-state index in [1.54, 1.807) is 10.9 Å². The van der Waals surface area contributed by atoms with Crippen molar-refractivity contribution in [3.05, 3.63) is 75.0 Å². The first-order valence-electron chi connectivity index (χ1n) is 12.1. The summed E-state index contributed by atoms with van der Waals surface area (Å²) in [5, 5.41) is 17.9. The van der Waals surface area contributed by atoms with Crippen LogP contribution in [0.1, 0.15) is 34.0 Å². The second-order valence-corrected chi connectivity index (χ2v) is 10.2. The minimum Gasteiger partial charge on any atom is -0.321 e. The van der Waals surface area contributed by atoms with Gasteiger partial charge >= 0.3 is 0 Å². The van der Waals surface area contributed by atoms with Crippen LogP contribution in [0.15, 0.2) is 41.0 Å². The zero-order chi connectivity index (χ0) is 26.4. The number of nitrogens with zero attached hydrogens (tertiary/aromatic N) is 7. The third-order valence-electron chi connectivity index (χ3n) is 6.67. The summed E-state index contributed by atoms with van der Waals surface area (Å²) in [5.74, 6) is -0.188. The summed E-state index contributed by atoms with van der Waals surface area (Å²) in [6.07, 6.45) is 1.77. The molecule has 0 aliphatic carbocycles. The van der Waals surface area contributed by atoms with Crippen LogP contribution < -0.4 is 5.32 Å². The quantitative estimate of drug-likeness (QED) is 0.306. The predicted molar refractivity (Wildman–Crippen MR) is 148 cm³/mol. The van der Waals surface area contributed by atoms with Crippen LogP contribution in [-0.2, 0) is 18.0 Å². The molecule has 5 rings (SSSR count). The molecule has 0 atom stereocenters. The van der Waals surface area contributed by atoms with Crippen LogP contribution in [0.3, 0.4) is 0 Å². The van der Waals surface area contributed by atoms with Crippen molar-refractivity contribution >= 4 is 38.6 Å². The van der Waals surface area contributed by atoms with Crippen molar-refractivity contribution in [2.45, 2.75) is 54.8 Å². The highest BCUT2D eigenvalue weighted by molar-refractivity contribution is 9.10. The largest absolute Gasteiger partial charge is 0.321 e. The molecule has 0 spiro atoms. The maximum Gasteiger partial charge on any atom is 0.246 e. The van der Waals surface area contributed by atoms with Gasteiger partial charge in [0, 0.05) is 11.6 Å². The van der Waals surface area contributed by atoms with E-state index in [1.165, 1.54) is 5.56 Å². The molecule has 190 valence electrons. The van der Waals surface area contributed by atoms with Crippen LogP contribution in [-0.4, -0.2) is 40.2 Å². The number of aryl methyl sites for hydroxylation is 4. The Kier molecular flexibility index (Phi) is 6.45. The number of amides is 1. The topological polar surface area (TPSA) is 95.5 Å². The van der Waals surface area contributed by atoms with E-state index in [0.717, 1.165) is 49.5 Å². The van der Waals surface area contributed by atoms with Gasteiger partial charge in [0.05, 0.1) is 38.6 Å². The molecule has 0 aliphatic heterocycles. The lowest BCUT2D eigenvalue weighted by Gasteiger charge is -2.09. The zero-order valence-corrected chi connectivity index (χ0v) is 23.4. The maximum atomic E-state index is 13.1. The Morgan fingerprint density at radius 1 is 0.838 bits per heavy atom. The van der Waals surface area contributed by atoms with Gasteiger partial charge in [0.2, 0.25) is 5.91 Å². The SMILES string of the molecule is Cc1ccc(-c2ccnc3c2c(C)nn3CC(=O)Nc2c(C)nn(Cn3nc(C)c(Br)c3C)c2C)cc1. The minimum absolute atomic E-state index is 0.0448. The van der Waals surface area contributed by atoms with Gasteiger partial charge in [-0.15, -0.1) is 0 Å². The van der Waals surface area contributed by atoms with Gasteiger partial charge in [-0.2, -0.15) is 15.3 Å². The lowest BCUT2D eigenvalue weighted by atomic mass is 10.0. The number of benzene rings is 1. The van der Waals surface area contributed by atoms with Gasteiger partial charge in [0.15, 0.2) is 5.65 Å². The predicted octanol–water partition coefficient (Wildman–Crippen LogP) is 5.25. The number of carbonyl (C=O) groups is 1. The molecule has 5 aromatic rings. The third-order valence-corrected chi connectivity index (χ3v) is 7.82. The molecular weight excluding hydrogens is 532 g/mol. The van der Waals surface area contributed by atoms with Gasteiger partial charge in [-0.25, -0.2) is 19.0 Å². The van der Waals surface area contributed by atoms with Crippen molar-refractivity contribution in [3.63, 3.8) is 0 Å². The first kappa shape index (κ1) is 24.9. The molecule has 4 aromatic heterocycles. The van der Waals surface area contributed by atoms with Crippen molar-refractivity contribution in [1.29, 1.82) is 0 Å². The Morgan fingerprint density at radius 2 is 1.49 bits per heavy atom. The molecule has 0 saturated heterocycles. The zero-order valence-electron chi connectivity index (χ0n) is 21.8. The van der Waals surface area contributed by atoms with E-state index in [2.05, 4.69) is 72.7 Å². The Morgan fingerprint density at radius 3 is 2.16 bits per heavy atom. The van der Waals surface area contributed by atoms with Crippen molar-refractivity contribution in [3.8, 4) is 11.1 Å². The van der Waals surface area contributed by atoms with Crippen LogP contribution in [0.25, 0.3) is 22.2 Å². The first-order valence-corrected chi connectivity index (χ1v) is 12.9. The fourth-order valence-electron chi connectivity index (χ4n) is 4.64. The molecule has 1 N–H and O–H groups in total. The Hall–Kier alpha value is -3.79. The standard InChI is InChI=1S/C27H29BrN8O/c1-15-7-9-21(10-8-15)22-11-12-29-27-24(22)16(2)31-34(27)13-23(37)30-26-18(4)33-36(20(26)6)14-35-19(5)25(28)17(3)32-35/h7-12H,13-14H2,1-6H3,(H,30,37). The smallest absolute Gasteiger partial charge is 0.246 e. The number of pyridine rings is 1. The molecule has 9 nitrogen and oxygen atoms in total. The van der Waals surface area contributed by atoms with E-state index in [4.69, 9.17) is 0 Å². The van der Waals surface area contributed by atoms with E-state index >= 15 is 0 Å². The van der Waals surface area contributed by atoms with E-state index in [1.807, 2.05) is 50.0 Å². The van der Waals surface area contributed by atoms with Gasteiger partial charge in [-0.3, -0.25) is 4.79 Å². The van der Waals surface area contributed by atoms with Crippen molar-refractivity contribution in [2.24, 2.45) is 0 Å². The lowest BCUT2D eigenvalue weighted by molar-refractivity contribution is -0.116. The normalized spacial score (nSPS) is 11.4. The monoisotopic (exact) mass is 560 g/mol. The fraction of sp³-hybridized carbons (Fsp3) is 0.296. The lowest BCUT2D eigenvalue weighted by Crippen LogP contribution is -2.20. The van der Waals surface area contributed by atoms with Gasteiger partial charge in [-0.05, 0) is 74.7 Å². The van der Waals surface area contributed by atoms with Gasteiger partial charge < -0.3 is 5.32 Å². The summed E-state index contributed by atoms with van der Waals surface area (Å²) in [5.41, 5.74) is 9.12. The van der Waals surface area contributed by atoms with E-state index in [-0.39, 0.29) is 12.5 Å². The average molecular weight is 561 g/mol. The molecule has 10 heteroatoms. The van der Waals surface area contributed by atoms with Gasteiger partial charge in [0.1, 0.15) is 13.2 Å². The highest BCUT2D eigenvalue weighted by atomic mass is 79.9. The Bertz CT molecular complexity index is 1640. The molecule has 1 aromatic carbocycles. The second-order valence-electron chi connectivity index (χ2n) is 9.39. The molecule has 0 unspecified atom stereocenters. The molecular formula is C27H29BrN8O. The molecule has 0 aliphatic rings. The number of nitrogens with one attached hydrogen (secondary N) is 1. The minimum atomic E-state index is -0.188. The van der Waals surface area contributed by atoms with Crippen LogP contribution in [0.2, 0.25) is 0 Å². The Labute approximate surface area is 223 Å². The van der Waals surface area contributed by atoms with E-state index in [9.17, 15) is 4.79 Å². The number of carbonyl (C=O) groups excluding carboxylic acids is 1. The number of aromatic nitrogens is 7. The Balaban J connectivity index is 1.39. The number of hydrogen-bond donors (Lipinski definition) is 1. The molecule has 0 fully saturated rings. The first-order chi connectivity index (χ1) is 17.6. The van der Waals surface area contributed by atoms with Gasteiger partial charge in [0.25, 0.3) is 0 Å². The number of anilines is 1. The molecule has 1 amide bonds. The number of rotatable bonds is 6. The second kappa shape index (κ2) is 9.59. The van der Waals surface area contributed by atoms with Crippen molar-refractivity contribution in [1.82, 2.24) is 34.3 Å². The van der Waals surface area contributed by atoms with Crippen LogP contribution in [0.4, 0.5) is 5.69 Å². The highest BCUT2D eigenvalue weighted by Crippen LogP contribution is 2.30. The number of fused-ring (bicyclic) bond motifs is 1. The number of halogens is 1. The molecule has 0 bridgehead atoms. The summed E-state index contributed by atoms with van der Waals surface area (Å²) < 4.78 is 6.39. The van der Waals surface area contributed by atoms with E-state index < -0.39 is 0 Å². The number of hydrogen-bond acceptors (Lipinski definition) is 5. The summed E-state index contributed by atoms with van der Waals surface area (Å²) in [6.45, 7) is 12.3. The summed E-state index contributed by atoms with van der Waals surface area (Å²) in [4.78, 5) is 17.7. The average Bonchev–Trinajstić information content (AvgIpc) is 3.42. The fourth-order valence-corrected chi connectivity index (χ4v) is 4.92. The van der Waals surface area contributed by atoms with E-state index in [0.29, 0.717) is 18.0 Å². The molecule has 0 saturated carbocycles. The molecule has 4 heterocycles. The summed E-state index contributed by atoms with van der Waals surface area (Å²) >= 11 is 3.57. The highest BCUT2D eigenvalue weighted by Gasteiger charge is 2.19. The molecule has 0 radical (unpaired) electrons. The van der Waals surface area contributed by atoms with Crippen molar-refractivity contribution in [2.75, 3.05) is 5.32 Å². The summed E-state index contributed by atoms with van der Waals surface area (Å²) in [7, 11) is 0. The van der Waals surface area contributed by atoms with Crippen LogP contribution in [0.5, 0.6) is 0 Å². The van der Waals surface area contributed by atoms with Gasteiger partial charge in [-0.1, -0.05) is 29.8 Å².